The van der Waals surface area contributed by atoms with Crippen molar-refractivity contribution >= 4 is 12.0 Å². The highest BCUT2D eigenvalue weighted by Crippen LogP contribution is 2.14. The van der Waals surface area contributed by atoms with E-state index in [2.05, 4.69) is 14.9 Å². The van der Waals surface area contributed by atoms with Gasteiger partial charge in [0.2, 0.25) is 5.95 Å². The van der Waals surface area contributed by atoms with E-state index < -0.39 is 0 Å². The average molecular weight is 189 g/mol. The second-order valence-electron chi connectivity index (χ2n) is 3.51. The molecule has 0 radical (unpaired) electrons. The molecule has 0 spiro atoms. The Labute approximate surface area is 84.5 Å². The SMILES string of the molecule is C/C=C\c1cnc(N2CCCC2)nc1. The summed E-state index contributed by atoms with van der Waals surface area (Å²) in [5.74, 6) is 0.871. The molecule has 0 unspecified atom stereocenters. The molecular weight excluding hydrogens is 174 g/mol. The van der Waals surface area contributed by atoms with Crippen LogP contribution in [0.4, 0.5) is 5.95 Å². The fourth-order valence-electron chi connectivity index (χ4n) is 1.69. The Balaban J connectivity index is 2.12. The molecule has 0 aliphatic carbocycles. The van der Waals surface area contributed by atoms with Crippen LogP contribution in [-0.4, -0.2) is 23.1 Å². The van der Waals surface area contributed by atoms with Gasteiger partial charge in [-0.1, -0.05) is 12.2 Å². The normalized spacial score (nSPS) is 16.8. The summed E-state index contributed by atoms with van der Waals surface area (Å²) >= 11 is 0. The number of hydrogen-bond acceptors (Lipinski definition) is 3. The van der Waals surface area contributed by atoms with Gasteiger partial charge in [0.05, 0.1) is 0 Å². The molecule has 3 nitrogen and oxygen atoms in total. The van der Waals surface area contributed by atoms with Crippen molar-refractivity contribution in [2.45, 2.75) is 19.8 Å². The van der Waals surface area contributed by atoms with Crippen molar-refractivity contribution in [3.8, 4) is 0 Å². The minimum absolute atomic E-state index is 0.871. The van der Waals surface area contributed by atoms with Crippen molar-refractivity contribution < 1.29 is 0 Å². The molecule has 2 rings (SSSR count). The lowest BCUT2D eigenvalue weighted by atomic mass is 10.3. The van der Waals surface area contributed by atoms with Crippen molar-refractivity contribution in [3.05, 3.63) is 24.0 Å². The summed E-state index contributed by atoms with van der Waals surface area (Å²) in [5.41, 5.74) is 1.07. The lowest BCUT2D eigenvalue weighted by Gasteiger charge is -2.13. The van der Waals surface area contributed by atoms with Crippen LogP contribution in [-0.2, 0) is 0 Å². The summed E-state index contributed by atoms with van der Waals surface area (Å²) in [6.07, 6.45) is 10.3. The second-order valence-corrected chi connectivity index (χ2v) is 3.51. The molecule has 0 atom stereocenters. The highest BCUT2D eigenvalue weighted by Gasteiger charge is 2.13. The fourth-order valence-corrected chi connectivity index (χ4v) is 1.69. The standard InChI is InChI=1S/C11H15N3/c1-2-5-10-8-12-11(13-9-10)14-6-3-4-7-14/h2,5,8-9H,3-4,6-7H2,1H3/b5-2-. The zero-order valence-electron chi connectivity index (χ0n) is 8.48. The number of nitrogens with zero attached hydrogens (tertiary/aromatic N) is 3. The third kappa shape index (κ3) is 1.92. The van der Waals surface area contributed by atoms with Gasteiger partial charge >= 0.3 is 0 Å². The van der Waals surface area contributed by atoms with E-state index in [1.807, 2.05) is 31.5 Å². The molecular formula is C11H15N3. The van der Waals surface area contributed by atoms with Gasteiger partial charge < -0.3 is 4.90 Å². The Kier molecular flexibility index (Phi) is 2.77. The minimum atomic E-state index is 0.871. The van der Waals surface area contributed by atoms with Crippen molar-refractivity contribution in [1.29, 1.82) is 0 Å². The highest BCUT2D eigenvalue weighted by atomic mass is 15.3. The van der Waals surface area contributed by atoms with Crippen LogP contribution in [0.2, 0.25) is 0 Å². The third-order valence-corrected chi connectivity index (χ3v) is 2.41. The monoisotopic (exact) mass is 189 g/mol. The van der Waals surface area contributed by atoms with Crippen LogP contribution in [0.3, 0.4) is 0 Å². The first-order valence-electron chi connectivity index (χ1n) is 5.10. The predicted octanol–water partition coefficient (Wildman–Crippen LogP) is 2.11. The molecule has 0 N–H and O–H groups in total. The number of aromatic nitrogens is 2. The van der Waals surface area contributed by atoms with Crippen LogP contribution in [0, 0.1) is 0 Å². The topological polar surface area (TPSA) is 29.0 Å². The van der Waals surface area contributed by atoms with Gasteiger partial charge in [0.1, 0.15) is 0 Å². The van der Waals surface area contributed by atoms with E-state index in [-0.39, 0.29) is 0 Å². The first-order valence-corrected chi connectivity index (χ1v) is 5.10. The Morgan fingerprint density at radius 1 is 1.21 bits per heavy atom. The molecule has 0 saturated carbocycles. The van der Waals surface area contributed by atoms with Gasteiger partial charge in [-0.3, -0.25) is 0 Å². The molecule has 74 valence electrons. The van der Waals surface area contributed by atoms with E-state index in [1.54, 1.807) is 0 Å². The molecule has 2 heterocycles. The summed E-state index contributed by atoms with van der Waals surface area (Å²) in [5, 5.41) is 0. The number of allylic oxidation sites excluding steroid dienone is 1. The molecule has 14 heavy (non-hydrogen) atoms. The first-order chi connectivity index (χ1) is 6.90. The Morgan fingerprint density at radius 3 is 2.43 bits per heavy atom. The van der Waals surface area contributed by atoms with Crippen molar-refractivity contribution in [2.24, 2.45) is 0 Å². The molecule has 0 aromatic carbocycles. The highest BCUT2D eigenvalue weighted by molar-refractivity contribution is 5.47. The van der Waals surface area contributed by atoms with Crippen LogP contribution in [0.1, 0.15) is 25.3 Å². The van der Waals surface area contributed by atoms with Gasteiger partial charge in [-0.2, -0.15) is 0 Å². The summed E-state index contributed by atoms with van der Waals surface area (Å²) in [4.78, 5) is 10.9. The third-order valence-electron chi connectivity index (χ3n) is 2.41. The number of rotatable bonds is 2. The fraction of sp³-hybridized carbons (Fsp3) is 0.455. The molecule has 1 aromatic heterocycles. The molecule has 1 aromatic rings. The van der Waals surface area contributed by atoms with Crippen molar-refractivity contribution in [1.82, 2.24) is 9.97 Å². The lowest BCUT2D eigenvalue weighted by Crippen LogP contribution is -2.20. The zero-order chi connectivity index (χ0) is 9.80. The van der Waals surface area contributed by atoms with E-state index >= 15 is 0 Å². The lowest BCUT2D eigenvalue weighted by molar-refractivity contribution is 0.897. The van der Waals surface area contributed by atoms with E-state index in [0.29, 0.717) is 0 Å². The van der Waals surface area contributed by atoms with E-state index in [9.17, 15) is 0 Å². The van der Waals surface area contributed by atoms with Crippen molar-refractivity contribution in [3.63, 3.8) is 0 Å². The molecule has 0 amide bonds. The van der Waals surface area contributed by atoms with Gasteiger partial charge in [-0.15, -0.1) is 0 Å². The van der Waals surface area contributed by atoms with Gasteiger partial charge in [-0.05, 0) is 19.8 Å². The Hall–Kier alpha value is -1.38. The summed E-state index contributed by atoms with van der Waals surface area (Å²) in [6.45, 7) is 4.19. The average Bonchev–Trinajstić information content (AvgIpc) is 2.72. The molecule has 0 bridgehead atoms. The van der Waals surface area contributed by atoms with Crippen LogP contribution in [0.25, 0.3) is 6.08 Å². The Bertz CT molecular complexity index is 310. The summed E-state index contributed by atoms with van der Waals surface area (Å²) < 4.78 is 0. The van der Waals surface area contributed by atoms with E-state index in [4.69, 9.17) is 0 Å². The quantitative estimate of drug-likeness (QED) is 0.713. The minimum Gasteiger partial charge on any atom is -0.341 e. The van der Waals surface area contributed by atoms with Crippen LogP contribution < -0.4 is 4.90 Å². The van der Waals surface area contributed by atoms with Crippen LogP contribution >= 0.6 is 0 Å². The maximum atomic E-state index is 4.34. The maximum absolute atomic E-state index is 4.34. The van der Waals surface area contributed by atoms with Gasteiger partial charge in [-0.25, -0.2) is 9.97 Å². The summed E-state index contributed by atoms with van der Waals surface area (Å²) in [7, 11) is 0. The Morgan fingerprint density at radius 2 is 1.86 bits per heavy atom. The maximum Gasteiger partial charge on any atom is 0.225 e. The van der Waals surface area contributed by atoms with E-state index in [0.717, 1.165) is 24.6 Å². The number of hydrogen-bond donors (Lipinski definition) is 0. The van der Waals surface area contributed by atoms with Crippen LogP contribution in [0.15, 0.2) is 18.5 Å². The molecule has 1 saturated heterocycles. The zero-order valence-corrected chi connectivity index (χ0v) is 8.48. The molecule has 3 heteroatoms. The number of anilines is 1. The largest absolute Gasteiger partial charge is 0.341 e. The molecule has 1 aliphatic heterocycles. The van der Waals surface area contributed by atoms with Crippen molar-refractivity contribution in [2.75, 3.05) is 18.0 Å². The predicted molar refractivity (Wildman–Crippen MR) is 58.2 cm³/mol. The van der Waals surface area contributed by atoms with Gasteiger partial charge in [0.15, 0.2) is 0 Å². The smallest absolute Gasteiger partial charge is 0.225 e. The van der Waals surface area contributed by atoms with E-state index in [1.165, 1.54) is 12.8 Å². The molecule has 1 fully saturated rings. The molecule has 1 aliphatic rings. The first kappa shape index (κ1) is 9.19. The van der Waals surface area contributed by atoms with Crippen LogP contribution in [0.5, 0.6) is 0 Å². The summed E-state index contributed by atoms with van der Waals surface area (Å²) in [6, 6.07) is 0. The van der Waals surface area contributed by atoms with Gasteiger partial charge in [0.25, 0.3) is 0 Å². The second kappa shape index (κ2) is 4.22. The van der Waals surface area contributed by atoms with Gasteiger partial charge in [0, 0.05) is 31.0 Å².